The SMILES string of the molecule is C=C1[C@@H](Cl)N/N=C\CNC2C=C(C3=C(C)ON[C@@H]3C)[C@@H](OC)C[C@@H]12. The molecule has 0 aromatic carbocycles. The molecular formula is C17H25ClN4O2. The van der Waals surface area contributed by atoms with Crippen LogP contribution in [0.5, 0.6) is 0 Å². The molecule has 5 atom stereocenters. The minimum atomic E-state index is -0.391. The number of halogens is 1. The summed E-state index contributed by atoms with van der Waals surface area (Å²) in [7, 11) is 1.74. The highest BCUT2D eigenvalue weighted by molar-refractivity contribution is 6.22. The third kappa shape index (κ3) is 3.24. The van der Waals surface area contributed by atoms with Gasteiger partial charge in [-0.25, -0.2) is 0 Å². The van der Waals surface area contributed by atoms with Crippen molar-refractivity contribution in [1.29, 1.82) is 0 Å². The third-order valence-electron chi connectivity index (χ3n) is 4.93. The van der Waals surface area contributed by atoms with Gasteiger partial charge in [-0.05, 0) is 31.4 Å². The van der Waals surface area contributed by atoms with Crippen molar-refractivity contribution in [2.24, 2.45) is 11.0 Å². The summed E-state index contributed by atoms with van der Waals surface area (Å²) in [5.74, 6) is 1.07. The molecule has 0 radical (unpaired) electrons. The normalized spacial score (nSPS) is 38.2. The van der Waals surface area contributed by atoms with Gasteiger partial charge in [-0.1, -0.05) is 24.3 Å². The number of hydrogen-bond acceptors (Lipinski definition) is 6. The number of methoxy groups -OCH3 is 1. The van der Waals surface area contributed by atoms with Crippen molar-refractivity contribution in [3.05, 3.63) is 35.1 Å². The van der Waals surface area contributed by atoms with Crippen LogP contribution in [0.2, 0.25) is 0 Å². The molecule has 3 rings (SSSR count). The Morgan fingerprint density at radius 3 is 2.92 bits per heavy atom. The molecule has 6 nitrogen and oxygen atoms in total. The molecule has 3 N–H and O–H groups in total. The number of hydrogen-bond donors (Lipinski definition) is 3. The largest absolute Gasteiger partial charge is 0.413 e. The standard InChI is InChI=1S/C17H25ClN4O2/c1-9-12-8-15(23-4)13(16-10(2)22-24-11(16)3)7-14(12)19-5-6-20-21-17(9)18/h6-7,10,12,14-15,17,19,21-22H,1,5,8H2,2-4H3/b20-6-/t10-,12+,14?,15+,17+/m1/s1. The minimum Gasteiger partial charge on any atom is -0.413 e. The molecule has 2 aliphatic heterocycles. The van der Waals surface area contributed by atoms with Crippen molar-refractivity contribution in [3.63, 3.8) is 0 Å². The predicted molar refractivity (Wildman–Crippen MR) is 95.6 cm³/mol. The van der Waals surface area contributed by atoms with E-state index in [1.54, 1.807) is 13.3 Å². The second-order valence-corrected chi connectivity index (χ2v) is 6.85. The molecular weight excluding hydrogens is 328 g/mol. The number of hydroxylamine groups is 1. The van der Waals surface area contributed by atoms with E-state index in [9.17, 15) is 0 Å². The van der Waals surface area contributed by atoms with Gasteiger partial charge in [0.1, 0.15) is 11.3 Å². The fourth-order valence-corrected chi connectivity index (χ4v) is 3.88. The van der Waals surface area contributed by atoms with Crippen LogP contribution in [-0.2, 0) is 9.57 Å². The number of fused-ring (bicyclic) bond motifs is 1. The first kappa shape index (κ1) is 17.5. The second-order valence-electron chi connectivity index (χ2n) is 6.41. The van der Waals surface area contributed by atoms with Gasteiger partial charge in [-0.2, -0.15) is 5.10 Å². The van der Waals surface area contributed by atoms with Crippen molar-refractivity contribution in [1.82, 2.24) is 16.2 Å². The highest BCUT2D eigenvalue weighted by Gasteiger charge is 2.38. The van der Waals surface area contributed by atoms with Gasteiger partial charge in [-0.15, -0.1) is 5.48 Å². The van der Waals surface area contributed by atoms with Gasteiger partial charge in [0.05, 0.1) is 12.1 Å². The summed E-state index contributed by atoms with van der Waals surface area (Å²) in [4.78, 5) is 5.51. The molecule has 0 spiro atoms. The maximum atomic E-state index is 6.38. The molecule has 0 saturated carbocycles. The van der Waals surface area contributed by atoms with Crippen LogP contribution in [0.15, 0.2) is 40.2 Å². The van der Waals surface area contributed by atoms with Crippen LogP contribution in [0.1, 0.15) is 20.3 Å². The Hall–Kier alpha value is -1.34. The molecule has 132 valence electrons. The molecule has 3 aliphatic rings. The topological polar surface area (TPSA) is 66.9 Å². The number of allylic oxidation sites excluding steroid dienone is 1. The summed E-state index contributed by atoms with van der Waals surface area (Å²) in [5, 5.41) is 7.64. The molecule has 0 aromatic rings. The van der Waals surface area contributed by atoms with E-state index in [1.807, 2.05) is 6.92 Å². The lowest BCUT2D eigenvalue weighted by Crippen LogP contribution is -2.44. The predicted octanol–water partition coefficient (Wildman–Crippen LogP) is 1.81. The number of rotatable bonds is 2. The summed E-state index contributed by atoms with van der Waals surface area (Å²) in [6.45, 7) is 8.93. The molecule has 7 heteroatoms. The number of nitrogens with one attached hydrogen (secondary N) is 3. The van der Waals surface area contributed by atoms with Gasteiger partial charge in [0.2, 0.25) is 0 Å². The first-order chi connectivity index (χ1) is 11.5. The number of ether oxygens (including phenoxy) is 1. The molecule has 0 saturated heterocycles. The molecule has 0 fully saturated rings. The van der Waals surface area contributed by atoms with Crippen LogP contribution in [0.3, 0.4) is 0 Å². The van der Waals surface area contributed by atoms with E-state index in [-0.39, 0.29) is 24.1 Å². The van der Waals surface area contributed by atoms with E-state index in [1.165, 1.54) is 11.1 Å². The van der Waals surface area contributed by atoms with Crippen LogP contribution in [0.4, 0.5) is 0 Å². The molecule has 0 amide bonds. The average molecular weight is 353 g/mol. The Kier molecular flexibility index (Phi) is 5.30. The Morgan fingerprint density at radius 2 is 2.25 bits per heavy atom. The van der Waals surface area contributed by atoms with Gasteiger partial charge in [0, 0.05) is 37.4 Å². The summed E-state index contributed by atoms with van der Waals surface area (Å²) in [6, 6.07) is 0.258. The van der Waals surface area contributed by atoms with E-state index in [0.29, 0.717) is 6.54 Å². The second kappa shape index (κ2) is 7.27. The highest BCUT2D eigenvalue weighted by atomic mass is 35.5. The number of alkyl halides is 1. The maximum absolute atomic E-state index is 6.38. The fraction of sp³-hybridized carbons (Fsp3) is 0.588. The lowest BCUT2D eigenvalue weighted by atomic mass is 9.76. The summed E-state index contributed by atoms with van der Waals surface area (Å²) < 4.78 is 5.80. The summed E-state index contributed by atoms with van der Waals surface area (Å²) in [6.07, 6.45) is 4.81. The quantitative estimate of drug-likeness (QED) is 0.402. The van der Waals surface area contributed by atoms with Crippen molar-refractivity contribution >= 4 is 17.8 Å². The van der Waals surface area contributed by atoms with E-state index in [0.717, 1.165) is 17.8 Å². The maximum Gasteiger partial charge on any atom is 0.139 e. The Morgan fingerprint density at radius 1 is 1.46 bits per heavy atom. The Balaban J connectivity index is 1.97. The molecule has 24 heavy (non-hydrogen) atoms. The van der Waals surface area contributed by atoms with E-state index < -0.39 is 5.50 Å². The van der Waals surface area contributed by atoms with Gasteiger partial charge in [-0.3, -0.25) is 5.43 Å². The minimum absolute atomic E-state index is 0.0220. The van der Waals surface area contributed by atoms with E-state index >= 15 is 0 Å². The summed E-state index contributed by atoms with van der Waals surface area (Å²) in [5.41, 5.74) is 8.80. The Labute approximate surface area is 147 Å². The molecule has 0 aromatic heterocycles. The Bertz CT molecular complexity index is 601. The van der Waals surface area contributed by atoms with Crippen molar-refractivity contribution in [2.75, 3.05) is 13.7 Å². The van der Waals surface area contributed by atoms with Crippen LogP contribution in [0.25, 0.3) is 0 Å². The smallest absolute Gasteiger partial charge is 0.139 e. The van der Waals surface area contributed by atoms with E-state index in [4.69, 9.17) is 21.2 Å². The van der Waals surface area contributed by atoms with Gasteiger partial charge in [0.15, 0.2) is 0 Å². The zero-order valence-corrected chi connectivity index (χ0v) is 15.1. The first-order valence-corrected chi connectivity index (χ1v) is 8.67. The van der Waals surface area contributed by atoms with Gasteiger partial charge < -0.3 is 14.9 Å². The monoisotopic (exact) mass is 352 g/mol. The lowest BCUT2D eigenvalue weighted by Gasteiger charge is -2.37. The first-order valence-electron chi connectivity index (χ1n) is 8.24. The van der Waals surface area contributed by atoms with Crippen LogP contribution in [-0.4, -0.2) is 43.6 Å². The van der Waals surface area contributed by atoms with Crippen molar-refractivity contribution < 1.29 is 9.57 Å². The van der Waals surface area contributed by atoms with Gasteiger partial charge in [0.25, 0.3) is 0 Å². The molecule has 1 unspecified atom stereocenters. The third-order valence-corrected chi connectivity index (χ3v) is 5.31. The van der Waals surface area contributed by atoms with Crippen LogP contribution in [0, 0.1) is 5.92 Å². The zero-order valence-electron chi connectivity index (χ0n) is 14.3. The molecule has 2 heterocycles. The zero-order chi connectivity index (χ0) is 17.3. The van der Waals surface area contributed by atoms with Crippen molar-refractivity contribution in [3.8, 4) is 0 Å². The van der Waals surface area contributed by atoms with E-state index in [2.05, 4.69) is 40.9 Å². The molecule has 1 aliphatic carbocycles. The highest BCUT2D eigenvalue weighted by Crippen LogP contribution is 2.38. The average Bonchev–Trinajstić information content (AvgIpc) is 2.93. The van der Waals surface area contributed by atoms with Crippen LogP contribution < -0.4 is 16.2 Å². The van der Waals surface area contributed by atoms with Crippen LogP contribution >= 0.6 is 11.6 Å². The number of nitrogens with zero attached hydrogens (tertiary/aromatic N) is 1. The summed E-state index contributed by atoms with van der Waals surface area (Å²) >= 11 is 6.38. The lowest BCUT2D eigenvalue weighted by molar-refractivity contribution is 0.102. The molecule has 0 bridgehead atoms. The fourth-order valence-electron chi connectivity index (χ4n) is 3.66. The van der Waals surface area contributed by atoms with Crippen molar-refractivity contribution in [2.45, 2.75) is 44.0 Å². The van der Waals surface area contributed by atoms with Gasteiger partial charge >= 0.3 is 0 Å². The number of hydrazone groups is 1.